The molecule has 0 rings (SSSR count). The second-order valence-corrected chi connectivity index (χ2v) is 7.01. The van der Waals surface area contributed by atoms with Gasteiger partial charge in [0.25, 0.3) is 8.40 Å². The van der Waals surface area contributed by atoms with E-state index < -0.39 is 8.40 Å². The summed E-state index contributed by atoms with van der Waals surface area (Å²) in [4.78, 5) is 7.03. The highest BCUT2D eigenvalue weighted by Gasteiger charge is 2.27. The van der Waals surface area contributed by atoms with Crippen molar-refractivity contribution in [2.24, 2.45) is 0 Å². The Morgan fingerprint density at radius 3 is 1.38 bits per heavy atom. The van der Waals surface area contributed by atoms with Gasteiger partial charge < -0.3 is 9.96 Å². The largest absolute Gasteiger partial charge is 0.317 e. The zero-order chi connectivity index (χ0) is 10.5. The Morgan fingerprint density at radius 1 is 0.923 bits per heavy atom. The minimum atomic E-state index is -1.84. The van der Waals surface area contributed by atoms with Gasteiger partial charge in [-0.3, -0.25) is 0 Å². The van der Waals surface area contributed by atoms with Crippen LogP contribution in [0.5, 0.6) is 0 Å². The zero-order valence-electron chi connectivity index (χ0n) is 9.22. The molecule has 0 aromatic carbocycles. The quantitative estimate of drug-likeness (QED) is 0.637. The predicted molar refractivity (Wildman–Crippen MR) is 62.7 cm³/mol. The summed E-state index contributed by atoms with van der Waals surface area (Å²) in [6, 6.07) is 0.905. The van der Waals surface area contributed by atoms with Crippen molar-refractivity contribution in [2.75, 3.05) is 0 Å². The third kappa shape index (κ3) is 4.41. The SMILES string of the molecule is C=C[Si](C=C)(NC(C)C)NC(C)C. The molecule has 0 amide bonds. The van der Waals surface area contributed by atoms with E-state index in [-0.39, 0.29) is 0 Å². The summed E-state index contributed by atoms with van der Waals surface area (Å²) < 4.78 is 0. The van der Waals surface area contributed by atoms with E-state index in [1.807, 2.05) is 11.4 Å². The average Bonchev–Trinajstić information content (AvgIpc) is 2.01. The fraction of sp³-hybridized carbons (Fsp3) is 0.600. The van der Waals surface area contributed by atoms with Crippen LogP contribution in [0.3, 0.4) is 0 Å². The molecule has 76 valence electrons. The maximum atomic E-state index is 3.88. The van der Waals surface area contributed by atoms with Gasteiger partial charge in [0.2, 0.25) is 0 Å². The zero-order valence-corrected chi connectivity index (χ0v) is 10.2. The van der Waals surface area contributed by atoms with Gasteiger partial charge >= 0.3 is 0 Å². The second-order valence-electron chi connectivity index (χ2n) is 3.88. The molecule has 0 aromatic heterocycles. The molecule has 0 bridgehead atoms. The molecular formula is C10H22N2Si. The number of rotatable bonds is 6. The molecule has 2 nitrogen and oxygen atoms in total. The minimum Gasteiger partial charge on any atom is -0.317 e. The van der Waals surface area contributed by atoms with Crippen molar-refractivity contribution >= 4 is 8.40 Å². The van der Waals surface area contributed by atoms with E-state index in [4.69, 9.17) is 0 Å². The fourth-order valence-corrected chi connectivity index (χ4v) is 3.95. The van der Waals surface area contributed by atoms with Crippen molar-refractivity contribution in [3.8, 4) is 0 Å². The summed E-state index contributed by atoms with van der Waals surface area (Å²) in [6.45, 7) is 16.3. The Bertz CT molecular complexity index is 156. The Balaban J connectivity index is 4.49. The van der Waals surface area contributed by atoms with Gasteiger partial charge in [-0.2, -0.15) is 0 Å². The van der Waals surface area contributed by atoms with Crippen LogP contribution in [0.2, 0.25) is 0 Å². The molecule has 0 saturated carbocycles. The first-order valence-electron chi connectivity index (χ1n) is 4.78. The van der Waals surface area contributed by atoms with Gasteiger partial charge in [0.15, 0.2) is 0 Å². The third-order valence-corrected chi connectivity index (χ3v) is 5.10. The third-order valence-electron chi connectivity index (χ3n) is 1.70. The molecule has 0 heterocycles. The minimum absolute atomic E-state index is 0.453. The van der Waals surface area contributed by atoms with E-state index >= 15 is 0 Å². The summed E-state index contributed by atoms with van der Waals surface area (Å²) in [5.74, 6) is 0. The Morgan fingerprint density at radius 2 is 1.23 bits per heavy atom. The lowest BCUT2D eigenvalue weighted by Gasteiger charge is -2.30. The molecule has 0 aliphatic rings. The second kappa shape index (κ2) is 5.37. The lowest BCUT2D eigenvalue weighted by Crippen LogP contribution is -2.63. The van der Waals surface area contributed by atoms with Gasteiger partial charge in [-0.1, -0.05) is 39.1 Å². The average molecular weight is 198 g/mol. The van der Waals surface area contributed by atoms with Gasteiger partial charge in [-0.15, -0.1) is 13.2 Å². The fourth-order valence-electron chi connectivity index (χ4n) is 1.32. The van der Waals surface area contributed by atoms with E-state index in [0.29, 0.717) is 12.1 Å². The Kier molecular flexibility index (Phi) is 5.21. The van der Waals surface area contributed by atoms with Crippen molar-refractivity contribution in [1.82, 2.24) is 9.96 Å². The molecule has 0 fully saturated rings. The molecule has 0 aromatic rings. The standard InChI is InChI=1S/C10H22N2Si/c1-7-13(8-2,11-9(3)4)12-10(5)6/h7-12H,1-2H2,3-6H3. The van der Waals surface area contributed by atoms with Crippen molar-refractivity contribution in [1.29, 1.82) is 0 Å². The van der Waals surface area contributed by atoms with Gasteiger partial charge in [-0.05, 0) is 12.1 Å². The highest BCUT2D eigenvalue weighted by atomic mass is 28.3. The van der Waals surface area contributed by atoms with Crippen LogP contribution in [0.25, 0.3) is 0 Å². The first-order valence-corrected chi connectivity index (χ1v) is 6.94. The van der Waals surface area contributed by atoms with E-state index in [0.717, 1.165) is 0 Å². The van der Waals surface area contributed by atoms with Crippen molar-refractivity contribution in [3.05, 3.63) is 24.6 Å². The lowest BCUT2D eigenvalue weighted by atomic mass is 10.4. The van der Waals surface area contributed by atoms with Crippen LogP contribution in [0.4, 0.5) is 0 Å². The molecule has 0 radical (unpaired) electrons. The summed E-state index contributed by atoms with van der Waals surface area (Å²) in [5.41, 5.74) is 3.97. The van der Waals surface area contributed by atoms with E-state index in [2.05, 4.69) is 50.8 Å². The van der Waals surface area contributed by atoms with Crippen LogP contribution in [0, 0.1) is 0 Å². The van der Waals surface area contributed by atoms with Gasteiger partial charge in [-0.25, -0.2) is 0 Å². The van der Waals surface area contributed by atoms with Gasteiger partial charge in [0, 0.05) is 0 Å². The molecular weight excluding hydrogens is 176 g/mol. The molecule has 0 atom stereocenters. The van der Waals surface area contributed by atoms with E-state index in [1.165, 1.54) is 0 Å². The Hall–Kier alpha value is -0.383. The molecule has 2 N–H and O–H groups in total. The first kappa shape index (κ1) is 12.6. The summed E-state index contributed by atoms with van der Waals surface area (Å²) in [5, 5.41) is 0. The monoisotopic (exact) mass is 198 g/mol. The molecule has 13 heavy (non-hydrogen) atoms. The summed E-state index contributed by atoms with van der Waals surface area (Å²) in [6.07, 6.45) is 0. The Labute approximate surface area is 83.3 Å². The topological polar surface area (TPSA) is 24.1 Å². The number of hydrogen-bond donors (Lipinski definition) is 2. The van der Waals surface area contributed by atoms with E-state index in [9.17, 15) is 0 Å². The maximum absolute atomic E-state index is 3.88. The maximum Gasteiger partial charge on any atom is 0.251 e. The normalized spacial score (nSPS) is 12.2. The van der Waals surface area contributed by atoms with E-state index in [1.54, 1.807) is 0 Å². The molecule has 0 spiro atoms. The van der Waals surface area contributed by atoms with Crippen molar-refractivity contribution < 1.29 is 0 Å². The van der Waals surface area contributed by atoms with Crippen molar-refractivity contribution in [2.45, 2.75) is 39.8 Å². The lowest BCUT2D eigenvalue weighted by molar-refractivity contribution is 0.675. The van der Waals surface area contributed by atoms with Gasteiger partial charge in [0.1, 0.15) is 0 Å². The van der Waals surface area contributed by atoms with Crippen LogP contribution in [0.1, 0.15) is 27.7 Å². The van der Waals surface area contributed by atoms with Crippen LogP contribution in [0.15, 0.2) is 24.6 Å². The highest BCUT2D eigenvalue weighted by Crippen LogP contribution is 2.00. The van der Waals surface area contributed by atoms with Crippen molar-refractivity contribution in [3.63, 3.8) is 0 Å². The van der Waals surface area contributed by atoms with Crippen LogP contribution < -0.4 is 9.96 Å². The molecule has 0 unspecified atom stereocenters. The number of hydrogen-bond acceptors (Lipinski definition) is 2. The van der Waals surface area contributed by atoms with Crippen LogP contribution in [-0.4, -0.2) is 20.5 Å². The summed E-state index contributed by atoms with van der Waals surface area (Å²) >= 11 is 0. The van der Waals surface area contributed by atoms with Gasteiger partial charge in [0.05, 0.1) is 0 Å². The molecule has 0 aliphatic heterocycles. The smallest absolute Gasteiger partial charge is 0.251 e. The predicted octanol–water partition coefficient (Wildman–Crippen LogP) is 1.87. The molecule has 0 saturated heterocycles. The molecule has 3 heteroatoms. The number of nitrogens with one attached hydrogen (secondary N) is 2. The van der Waals surface area contributed by atoms with Crippen LogP contribution >= 0.6 is 0 Å². The molecule has 0 aliphatic carbocycles. The summed E-state index contributed by atoms with van der Waals surface area (Å²) in [7, 11) is -1.84. The highest BCUT2D eigenvalue weighted by molar-refractivity contribution is 6.84. The first-order chi connectivity index (χ1) is 5.95. The van der Waals surface area contributed by atoms with Crippen LogP contribution in [-0.2, 0) is 0 Å².